The zero-order chi connectivity index (χ0) is 23.9. The van der Waals surface area contributed by atoms with E-state index in [9.17, 15) is 4.39 Å². The average molecular weight is 446 g/mol. The molecule has 2 heterocycles. The molecule has 0 spiro atoms. The van der Waals surface area contributed by atoms with Gasteiger partial charge in [0.15, 0.2) is 5.96 Å². The number of rotatable bonds is 11. The number of nitrogens with two attached hydrogens (primary N) is 1. The van der Waals surface area contributed by atoms with Gasteiger partial charge in [-0.1, -0.05) is 33.6 Å². The number of halogens is 1. The minimum Gasteiger partial charge on any atom is -0.453 e. The van der Waals surface area contributed by atoms with Crippen molar-refractivity contribution in [1.29, 1.82) is 0 Å². The van der Waals surface area contributed by atoms with Crippen molar-refractivity contribution in [3.8, 4) is 6.01 Å². The average Bonchev–Trinajstić information content (AvgIpc) is 2.70. The fourth-order valence-corrected chi connectivity index (χ4v) is 4.01. The zero-order valence-corrected chi connectivity index (χ0v) is 20.8. The van der Waals surface area contributed by atoms with Gasteiger partial charge in [-0.3, -0.25) is 0 Å². The number of guanidine groups is 1. The molecule has 0 aliphatic carbocycles. The normalized spacial score (nSPS) is 15.5. The van der Waals surface area contributed by atoms with Crippen LogP contribution in [0.15, 0.2) is 33.6 Å². The molecule has 0 unspecified atom stereocenters. The molecule has 32 heavy (non-hydrogen) atoms. The van der Waals surface area contributed by atoms with Crippen molar-refractivity contribution < 1.29 is 9.13 Å². The van der Waals surface area contributed by atoms with Crippen LogP contribution in [0.2, 0.25) is 0 Å². The van der Waals surface area contributed by atoms with Crippen molar-refractivity contribution in [3.05, 3.63) is 39.9 Å². The quantitative estimate of drug-likeness (QED) is 0.459. The number of nitrogens with zero attached hydrogens (tertiary/aromatic N) is 3. The van der Waals surface area contributed by atoms with Crippen molar-refractivity contribution in [2.24, 2.45) is 16.6 Å². The predicted molar refractivity (Wildman–Crippen MR) is 129 cm³/mol. The van der Waals surface area contributed by atoms with E-state index in [2.05, 4.69) is 41.0 Å². The number of aryl methyl sites for hydroxylation is 2. The number of aliphatic imine (C=N–C) groups is 1. The van der Waals surface area contributed by atoms with Crippen LogP contribution in [-0.4, -0.2) is 34.7 Å². The summed E-state index contributed by atoms with van der Waals surface area (Å²) in [5, 5.41) is 3.10. The monoisotopic (exact) mass is 445 g/mol. The van der Waals surface area contributed by atoms with Crippen LogP contribution in [0.5, 0.6) is 6.01 Å². The molecule has 0 atom stereocenters. The van der Waals surface area contributed by atoms with Crippen LogP contribution in [0.4, 0.5) is 4.39 Å². The van der Waals surface area contributed by atoms with Gasteiger partial charge in [-0.15, -0.1) is 0 Å². The van der Waals surface area contributed by atoms with Gasteiger partial charge in [0.1, 0.15) is 12.3 Å². The number of hydrogen-bond donors (Lipinski definition) is 2. The molecule has 178 valence electrons. The smallest absolute Gasteiger partial charge is 0.317 e. The second-order valence-electron chi connectivity index (χ2n) is 9.39. The molecule has 1 aromatic rings. The Hall–Kier alpha value is -2.44. The van der Waals surface area contributed by atoms with Gasteiger partial charge in [-0.2, -0.15) is 0 Å². The molecule has 0 aromatic carbocycles. The van der Waals surface area contributed by atoms with Crippen LogP contribution in [0, 0.1) is 12.8 Å². The summed E-state index contributed by atoms with van der Waals surface area (Å²) in [6, 6.07) is 0.268. The Morgan fingerprint density at radius 1 is 1.28 bits per heavy atom. The molecule has 3 N–H and O–H groups in total. The molecule has 1 aliphatic heterocycles. The first-order chi connectivity index (χ1) is 15.1. The molecule has 1 aromatic heterocycles. The Balaban J connectivity index is 2.41. The number of hydrogen-bond acceptors (Lipinski definition) is 6. The molecule has 0 saturated carbocycles. The maximum atomic E-state index is 14.6. The topological polar surface area (TPSA) is 85.4 Å². The Morgan fingerprint density at radius 2 is 2.00 bits per heavy atom. The van der Waals surface area contributed by atoms with Gasteiger partial charge in [0.2, 0.25) is 0 Å². The van der Waals surface area contributed by atoms with Crippen molar-refractivity contribution in [1.82, 2.24) is 15.3 Å². The van der Waals surface area contributed by atoms with Crippen LogP contribution < -0.4 is 15.8 Å². The highest BCUT2D eigenvalue weighted by Crippen LogP contribution is 2.33. The largest absolute Gasteiger partial charge is 0.453 e. The van der Waals surface area contributed by atoms with E-state index in [4.69, 9.17) is 10.5 Å². The lowest BCUT2D eigenvalue weighted by molar-refractivity contribution is 0.124. The number of nitrogens with one attached hydrogen (secondary N) is 1. The van der Waals surface area contributed by atoms with Gasteiger partial charge < -0.3 is 15.8 Å². The van der Waals surface area contributed by atoms with Gasteiger partial charge in [0.05, 0.1) is 6.54 Å². The Kier molecular flexibility index (Phi) is 9.22. The SMILES string of the molecule is CCc1cnc(OC(C)(C)/C(CF)=C(\CCCCC(C)C)C2=C(C)NC(N)=NC2)nc1C. The third-order valence-corrected chi connectivity index (χ3v) is 6.01. The summed E-state index contributed by atoms with van der Waals surface area (Å²) < 4.78 is 20.8. The highest BCUT2D eigenvalue weighted by Gasteiger charge is 2.31. The summed E-state index contributed by atoms with van der Waals surface area (Å²) >= 11 is 0. The summed E-state index contributed by atoms with van der Waals surface area (Å²) in [6.45, 7) is 14.0. The lowest BCUT2D eigenvalue weighted by Gasteiger charge is -2.31. The van der Waals surface area contributed by atoms with Crippen LogP contribution >= 0.6 is 0 Å². The van der Waals surface area contributed by atoms with E-state index in [1.165, 1.54) is 0 Å². The molecule has 6 nitrogen and oxygen atoms in total. The summed E-state index contributed by atoms with van der Waals surface area (Å²) in [5.41, 5.74) is 10.4. The highest BCUT2D eigenvalue weighted by atomic mass is 19.1. The Bertz CT molecular complexity index is 886. The summed E-state index contributed by atoms with van der Waals surface area (Å²) in [5.74, 6) is 1.04. The first-order valence-corrected chi connectivity index (χ1v) is 11.7. The van der Waals surface area contributed by atoms with E-state index in [1.54, 1.807) is 6.20 Å². The van der Waals surface area contributed by atoms with Gasteiger partial charge in [0.25, 0.3) is 0 Å². The minimum atomic E-state index is -0.914. The fraction of sp³-hybridized carbons (Fsp3) is 0.640. The van der Waals surface area contributed by atoms with Crippen molar-refractivity contribution in [2.75, 3.05) is 13.2 Å². The van der Waals surface area contributed by atoms with E-state index in [1.807, 2.05) is 27.7 Å². The van der Waals surface area contributed by atoms with Gasteiger partial charge >= 0.3 is 6.01 Å². The number of alkyl halides is 1. The summed E-state index contributed by atoms with van der Waals surface area (Å²) in [4.78, 5) is 13.2. The van der Waals surface area contributed by atoms with Crippen LogP contribution in [0.25, 0.3) is 0 Å². The second kappa shape index (κ2) is 11.4. The maximum Gasteiger partial charge on any atom is 0.317 e. The highest BCUT2D eigenvalue weighted by molar-refractivity contribution is 5.81. The molecule has 0 radical (unpaired) electrons. The first kappa shape index (κ1) is 25.8. The van der Waals surface area contributed by atoms with Gasteiger partial charge in [-0.25, -0.2) is 19.4 Å². The van der Waals surface area contributed by atoms with Crippen molar-refractivity contribution >= 4 is 5.96 Å². The molecule has 7 heteroatoms. The lowest BCUT2D eigenvalue weighted by Crippen LogP contribution is -2.37. The number of allylic oxidation sites excluding steroid dienone is 1. The van der Waals surface area contributed by atoms with E-state index in [0.29, 0.717) is 24.0 Å². The first-order valence-electron chi connectivity index (χ1n) is 11.7. The lowest BCUT2D eigenvalue weighted by atomic mass is 9.85. The number of aromatic nitrogens is 2. The second-order valence-corrected chi connectivity index (χ2v) is 9.39. The van der Waals surface area contributed by atoms with Crippen LogP contribution in [0.3, 0.4) is 0 Å². The van der Waals surface area contributed by atoms with E-state index in [-0.39, 0.29) is 6.01 Å². The van der Waals surface area contributed by atoms with Gasteiger partial charge in [0, 0.05) is 23.2 Å². The predicted octanol–water partition coefficient (Wildman–Crippen LogP) is 5.18. The van der Waals surface area contributed by atoms with E-state index in [0.717, 1.165) is 60.2 Å². The molecule has 0 fully saturated rings. The van der Waals surface area contributed by atoms with E-state index >= 15 is 0 Å². The van der Waals surface area contributed by atoms with Gasteiger partial charge in [-0.05, 0) is 69.6 Å². The number of unbranched alkanes of at least 4 members (excludes halogenated alkanes) is 1. The van der Waals surface area contributed by atoms with Crippen LogP contribution in [0.1, 0.15) is 78.5 Å². The van der Waals surface area contributed by atoms with E-state index < -0.39 is 12.3 Å². The Morgan fingerprint density at radius 3 is 2.56 bits per heavy atom. The zero-order valence-electron chi connectivity index (χ0n) is 20.8. The summed E-state index contributed by atoms with van der Waals surface area (Å²) in [6.07, 6.45) is 6.62. The minimum absolute atomic E-state index is 0.268. The molecule has 0 bridgehead atoms. The molecule has 0 saturated heterocycles. The maximum absolute atomic E-state index is 14.6. The molecular formula is C25H40FN5O. The fourth-order valence-electron chi connectivity index (χ4n) is 4.01. The Labute approximate surface area is 192 Å². The molecule has 0 amide bonds. The summed E-state index contributed by atoms with van der Waals surface area (Å²) in [7, 11) is 0. The standard InChI is InChI=1S/C25H40FN5O/c1-8-19-14-29-24(31-17(19)4)32-25(6,7)22(13-26)20(12-10-9-11-16(2)3)21-15-28-23(27)30-18(21)5/h14,16H,8-13,15H2,1-7H3,(H3,27,28,30)/b22-20+. The number of ether oxygens (including phenoxy) is 1. The van der Waals surface area contributed by atoms with Crippen molar-refractivity contribution in [2.45, 2.75) is 86.2 Å². The van der Waals surface area contributed by atoms with Crippen LogP contribution in [-0.2, 0) is 6.42 Å². The molecule has 1 aliphatic rings. The van der Waals surface area contributed by atoms with Crippen molar-refractivity contribution in [3.63, 3.8) is 0 Å². The third-order valence-electron chi connectivity index (χ3n) is 6.01. The molecular weight excluding hydrogens is 405 g/mol. The third kappa shape index (κ3) is 6.78. The molecule has 2 rings (SSSR count).